The van der Waals surface area contributed by atoms with Gasteiger partial charge in [0.25, 0.3) is 11.8 Å². The minimum atomic E-state index is -1.29. The fraction of sp³-hybridized carbons (Fsp3) is 0.385. The number of rotatable bonds is 10. The van der Waals surface area contributed by atoms with Crippen LogP contribution in [-0.4, -0.2) is 102 Å². The zero-order chi connectivity index (χ0) is 47.7. The van der Waals surface area contributed by atoms with Gasteiger partial charge in [0, 0.05) is 61.4 Å². The average Bonchev–Trinajstić information content (AvgIpc) is 3.77. The van der Waals surface area contributed by atoms with Crippen LogP contribution in [-0.2, 0) is 28.1 Å². The number of aromatic nitrogens is 2. The number of methoxy groups -OCH3 is 1. The molecule has 0 aliphatic carbocycles. The highest BCUT2D eigenvalue weighted by Crippen LogP contribution is 2.43. The zero-order valence-corrected chi connectivity index (χ0v) is 38.8. The first-order valence-corrected chi connectivity index (χ1v) is 23.1. The monoisotopic (exact) mass is 926 g/mol. The molecule has 4 aliphatic heterocycles. The summed E-state index contributed by atoms with van der Waals surface area (Å²) >= 11 is 0. The summed E-state index contributed by atoms with van der Waals surface area (Å²) in [4.78, 5) is 59.3. The molecule has 1 spiro atoms. The largest absolute Gasteiger partial charge is 0.495 e. The topological polar surface area (TPSA) is 162 Å². The summed E-state index contributed by atoms with van der Waals surface area (Å²) in [6.45, 7) is 9.86. The van der Waals surface area contributed by atoms with E-state index in [1.807, 2.05) is 28.0 Å². The maximum atomic E-state index is 15.2. The molecule has 14 nitrogen and oxygen atoms in total. The third kappa shape index (κ3) is 9.84. The second kappa shape index (κ2) is 19.2. The van der Waals surface area contributed by atoms with Crippen LogP contribution in [0.1, 0.15) is 94.5 Å². The number of anilines is 2. The molecule has 4 aliphatic rings. The van der Waals surface area contributed by atoms with Gasteiger partial charge in [-0.15, -0.1) is 0 Å². The Bertz CT molecular complexity index is 2780. The maximum Gasteiger partial charge on any atom is 0.258 e. The number of fused-ring (bicyclic) bond motifs is 1. The summed E-state index contributed by atoms with van der Waals surface area (Å²) in [6, 6.07) is 20.4. The Balaban J connectivity index is 0.790. The van der Waals surface area contributed by atoms with Crippen LogP contribution in [0.5, 0.6) is 5.75 Å². The summed E-state index contributed by atoms with van der Waals surface area (Å²) in [7, 11) is 1.60. The van der Waals surface area contributed by atoms with Gasteiger partial charge < -0.3 is 35.0 Å². The highest BCUT2D eigenvalue weighted by Gasteiger charge is 2.39. The first-order chi connectivity index (χ1) is 32.7. The van der Waals surface area contributed by atoms with E-state index in [0.717, 1.165) is 73.9 Å². The third-order valence-corrected chi connectivity index (χ3v) is 14.0. The number of hydrogen-bond acceptors (Lipinski definition) is 11. The molecule has 3 N–H and O–H groups in total. The number of halogens is 2. The number of ether oxygens (including phenoxy) is 2. The molecule has 3 saturated heterocycles. The molecule has 354 valence electrons. The van der Waals surface area contributed by atoms with Gasteiger partial charge in [0.05, 0.1) is 35.4 Å². The van der Waals surface area contributed by atoms with Crippen LogP contribution in [0, 0.1) is 24.0 Å². The number of aliphatic imine (C=N–C) groups is 1. The Morgan fingerprint density at radius 2 is 1.69 bits per heavy atom. The molecule has 16 heteroatoms. The molecule has 9 rings (SSSR count). The van der Waals surface area contributed by atoms with Crippen LogP contribution < -0.4 is 20.3 Å². The van der Waals surface area contributed by atoms with E-state index in [-0.39, 0.29) is 41.9 Å². The summed E-state index contributed by atoms with van der Waals surface area (Å²) < 4.78 is 41.5. The number of likely N-dealkylation sites (tertiary alicyclic amines) is 2. The van der Waals surface area contributed by atoms with E-state index in [1.165, 1.54) is 50.0 Å². The molecule has 4 aromatic carbocycles. The van der Waals surface area contributed by atoms with E-state index in [9.17, 15) is 19.5 Å². The van der Waals surface area contributed by atoms with Gasteiger partial charge in [-0.2, -0.15) is 0 Å². The Morgan fingerprint density at radius 1 is 0.941 bits per heavy atom. The van der Waals surface area contributed by atoms with Crippen LogP contribution in [0.25, 0.3) is 11.3 Å². The molecule has 0 unspecified atom stereocenters. The van der Waals surface area contributed by atoms with Crippen molar-refractivity contribution in [2.75, 3.05) is 63.5 Å². The quantitative estimate of drug-likeness (QED) is 0.127. The Hall–Kier alpha value is -6.62. The lowest BCUT2D eigenvalue weighted by Crippen LogP contribution is -2.48. The van der Waals surface area contributed by atoms with E-state index < -0.39 is 23.1 Å². The Labute approximate surface area is 394 Å². The number of aliphatic hydroxyl groups is 1. The van der Waals surface area contributed by atoms with Crippen molar-refractivity contribution < 1.29 is 37.7 Å². The first kappa shape index (κ1) is 46.5. The molecule has 3 fully saturated rings. The third-order valence-electron chi connectivity index (χ3n) is 14.0. The number of hydrogen-bond donors (Lipinski definition) is 3. The molecule has 0 atom stereocenters. The number of benzene rings is 4. The molecule has 3 amide bonds. The van der Waals surface area contributed by atoms with Gasteiger partial charge >= 0.3 is 0 Å². The van der Waals surface area contributed by atoms with Gasteiger partial charge in [-0.3, -0.25) is 19.3 Å². The minimum Gasteiger partial charge on any atom is -0.495 e. The van der Waals surface area contributed by atoms with E-state index in [1.54, 1.807) is 14.0 Å². The highest BCUT2D eigenvalue weighted by molar-refractivity contribution is 6.08. The summed E-state index contributed by atoms with van der Waals surface area (Å²) in [5, 5.41) is 15.7. The van der Waals surface area contributed by atoms with Crippen molar-refractivity contribution in [3.8, 4) is 17.0 Å². The number of nitrogens with zero attached hydrogens (tertiary/aromatic N) is 6. The predicted octanol–water partition coefficient (Wildman–Crippen LogP) is 7.67. The molecular weight excluding hydrogens is 871 g/mol. The number of nitrogens with one attached hydrogen (secondary N) is 2. The number of piperidine rings is 2. The van der Waals surface area contributed by atoms with Crippen molar-refractivity contribution in [2.45, 2.75) is 71.4 Å². The van der Waals surface area contributed by atoms with Gasteiger partial charge in [-0.1, -0.05) is 30.3 Å². The normalized spacial score (nSPS) is 17.5. The lowest BCUT2D eigenvalue weighted by atomic mass is 9.71. The van der Waals surface area contributed by atoms with Crippen molar-refractivity contribution in [3.05, 3.63) is 130 Å². The number of carbonyl (C=O) groups excluding carboxylic acids is 3. The standard InChI is InChI=1S/C52H56F2N8O6/c1-32-39(25-37(53)26-42(32)59-49(64)38-11-10-36(24-41(38)54)51(2,3)66)47-40-27-43(58-48(40)56-29-55-47)34-7-5-33(6-8-34)28-60-19-14-52(15-20-60)16-21-61(22-17-52)50(65)35-9-12-45(67-4)44(23-35)62-18-13-46(63)57-30-68-31-62/h5-12,23-26,29,66H,13-22,27-28,30-31H2,1-4H3,(H,57,63)(H,59,64). The molecule has 68 heavy (non-hydrogen) atoms. The second-order valence-corrected chi connectivity index (χ2v) is 18.8. The van der Waals surface area contributed by atoms with Crippen LogP contribution >= 0.6 is 0 Å². The highest BCUT2D eigenvalue weighted by atomic mass is 19.1. The van der Waals surface area contributed by atoms with Crippen LogP contribution in [0.3, 0.4) is 0 Å². The van der Waals surface area contributed by atoms with Crippen molar-refractivity contribution >= 4 is 40.6 Å². The summed E-state index contributed by atoms with van der Waals surface area (Å²) in [6.07, 6.45) is 6.23. The Morgan fingerprint density at radius 3 is 2.41 bits per heavy atom. The van der Waals surface area contributed by atoms with E-state index in [2.05, 4.69) is 49.8 Å². The first-order valence-electron chi connectivity index (χ1n) is 23.1. The molecule has 1 aromatic heterocycles. The molecule has 5 heterocycles. The Kier molecular flexibility index (Phi) is 13.1. The van der Waals surface area contributed by atoms with E-state index >= 15 is 8.78 Å². The van der Waals surface area contributed by atoms with Crippen LogP contribution in [0.2, 0.25) is 0 Å². The summed E-state index contributed by atoms with van der Waals surface area (Å²) in [5.41, 5.74) is 5.72. The molecule has 0 bridgehead atoms. The number of amides is 3. The SMILES string of the molecule is COc1ccc(C(=O)N2CCC3(CCN(Cc4ccc(C5=Nc6ncnc(-c7cc(F)cc(NC(=O)c8ccc(C(C)(C)O)cc8F)c7C)c6C5)cc4)CC3)CC2)cc1N1CCC(=O)NCOC1. The molecular formula is C52H56F2N8O6. The van der Waals surface area contributed by atoms with Crippen molar-refractivity contribution in [1.29, 1.82) is 0 Å². The van der Waals surface area contributed by atoms with E-state index in [0.29, 0.717) is 72.0 Å². The predicted molar refractivity (Wildman–Crippen MR) is 254 cm³/mol. The maximum absolute atomic E-state index is 15.2. The minimum absolute atomic E-state index is 0.00168. The van der Waals surface area contributed by atoms with Gasteiger partial charge in [0.1, 0.15) is 37.2 Å². The van der Waals surface area contributed by atoms with E-state index in [4.69, 9.17) is 14.5 Å². The van der Waals surface area contributed by atoms with Gasteiger partial charge in [0.2, 0.25) is 5.91 Å². The fourth-order valence-electron chi connectivity index (χ4n) is 9.77. The number of carbonyl (C=O) groups is 3. The second-order valence-electron chi connectivity index (χ2n) is 18.8. The van der Waals surface area contributed by atoms with Crippen molar-refractivity contribution in [1.82, 2.24) is 25.1 Å². The molecule has 0 saturated carbocycles. The molecule has 0 radical (unpaired) electrons. The van der Waals surface area contributed by atoms with Crippen LogP contribution in [0.15, 0.2) is 84.1 Å². The smallest absolute Gasteiger partial charge is 0.258 e. The summed E-state index contributed by atoms with van der Waals surface area (Å²) in [5.74, 6) is -1.12. The lowest BCUT2D eigenvalue weighted by Gasteiger charge is -2.47. The van der Waals surface area contributed by atoms with Gasteiger partial charge in [-0.05, 0) is 130 Å². The zero-order valence-electron chi connectivity index (χ0n) is 38.8. The van der Waals surface area contributed by atoms with Crippen molar-refractivity contribution in [3.63, 3.8) is 0 Å². The van der Waals surface area contributed by atoms with Crippen LogP contribution in [0.4, 0.5) is 26.0 Å². The van der Waals surface area contributed by atoms with Gasteiger partial charge in [0.15, 0.2) is 5.82 Å². The average molecular weight is 927 g/mol. The fourth-order valence-corrected chi connectivity index (χ4v) is 9.77. The van der Waals surface area contributed by atoms with Gasteiger partial charge in [-0.25, -0.2) is 23.7 Å². The lowest BCUT2D eigenvalue weighted by molar-refractivity contribution is -0.123. The van der Waals surface area contributed by atoms with Crippen molar-refractivity contribution in [2.24, 2.45) is 10.4 Å². The molecule has 5 aromatic rings.